The SMILES string of the molecule is Cc1ccc(N/N=C/c2cc(-c3ccc(F)cc3)nc3c2ccc2ccccc23)cc1. The highest BCUT2D eigenvalue weighted by atomic mass is 19.1. The maximum absolute atomic E-state index is 13.4. The Balaban J connectivity index is 1.64. The van der Waals surface area contributed by atoms with Crippen molar-refractivity contribution in [1.29, 1.82) is 0 Å². The van der Waals surface area contributed by atoms with Gasteiger partial charge in [-0.1, -0.05) is 54.1 Å². The summed E-state index contributed by atoms with van der Waals surface area (Å²) in [6.45, 7) is 2.05. The van der Waals surface area contributed by atoms with Crippen molar-refractivity contribution in [2.24, 2.45) is 5.10 Å². The van der Waals surface area contributed by atoms with E-state index >= 15 is 0 Å². The number of hydrazone groups is 1. The fourth-order valence-electron chi connectivity index (χ4n) is 3.67. The van der Waals surface area contributed by atoms with Crippen LogP contribution in [0.3, 0.4) is 0 Å². The Kier molecular flexibility index (Phi) is 4.89. The topological polar surface area (TPSA) is 37.3 Å². The number of nitrogens with zero attached hydrogens (tertiary/aromatic N) is 2. The third-order valence-corrected chi connectivity index (χ3v) is 5.32. The standard InChI is InChI=1S/C27H20FN3/c1-18-6-13-23(14-7-18)31-29-17-21-16-26(20-8-11-22(28)12-9-20)30-27-24-5-3-2-4-19(24)10-15-25(21)27/h2-17,31H,1H3/b29-17+. The molecule has 0 spiro atoms. The summed E-state index contributed by atoms with van der Waals surface area (Å²) in [5.41, 5.74) is 8.68. The van der Waals surface area contributed by atoms with Gasteiger partial charge in [-0.15, -0.1) is 0 Å². The van der Waals surface area contributed by atoms with Crippen molar-refractivity contribution < 1.29 is 4.39 Å². The zero-order chi connectivity index (χ0) is 21.2. The van der Waals surface area contributed by atoms with E-state index in [2.05, 4.69) is 41.7 Å². The Labute approximate surface area is 179 Å². The van der Waals surface area contributed by atoms with Crippen molar-refractivity contribution in [3.63, 3.8) is 0 Å². The van der Waals surface area contributed by atoms with Crippen molar-refractivity contribution in [3.05, 3.63) is 108 Å². The molecule has 0 saturated carbocycles. The highest BCUT2D eigenvalue weighted by Crippen LogP contribution is 2.29. The van der Waals surface area contributed by atoms with Gasteiger partial charge < -0.3 is 0 Å². The molecule has 5 rings (SSSR count). The molecule has 0 aliphatic heterocycles. The molecule has 0 amide bonds. The van der Waals surface area contributed by atoms with Crippen molar-refractivity contribution in [3.8, 4) is 11.3 Å². The number of benzene rings is 4. The monoisotopic (exact) mass is 405 g/mol. The van der Waals surface area contributed by atoms with E-state index in [9.17, 15) is 4.39 Å². The lowest BCUT2D eigenvalue weighted by Gasteiger charge is -2.10. The first-order chi connectivity index (χ1) is 15.2. The van der Waals surface area contributed by atoms with Crippen LogP contribution in [-0.2, 0) is 0 Å². The Morgan fingerprint density at radius 1 is 0.839 bits per heavy atom. The van der Waals surface area contributed by atoms with E-state index in [1.165, 1.54) is 17.7 Å². The quantitative estimate of drug-likeness (QED) is 0.200. The molecule has 0 fully saturated rings. The summed E-state index contributed by atoms with van der Waals surface area (Å²) in [4.78, 5) is 4.94. The van der Waals surface area contributed by atoms with E-state index in [4.69, 9.17) is 4.98 Å². The van der Waals surface area contributed by atoms with Gasteiger partial charge in [0.2, 0.25) is 0 Å². The summed E-state index contributed by atoms with van der Waals surface area (Å²) in [5.74, 6) is -0.265. The lowest BCUT2D eigenvalue weighted by molar-refractivity contribution is 0.628. The minimum absolute atomic E-state index is 0.265. The molecule has 31 heavy (non-hydrogen) atoms. The molecule has 0 atom stereocenters. The van der Waals surface area contributed by atoms with Crippen LogP contribution in [0.5, 0.6) is 0 Å². The van der Waals surface area contributed by atoms with Gasteiger partial charge in [0.15, 0.2) is 0 Å². The number of rotatable bonds is 4. The highest BCUT2D eigenvalue weighted by Gasteiger charge is 2.10. The van der Waals surface area contributed by atoms with Gasteiger partial charge in [-0.2, -0.15) is 5.10 Å². The summed E-state index contributed by atoms with van der Waals surface area (Å²) < 4.78 is 13.4. The zero-order valence-electron chi connectivity index (χ0n) is 17.0. The fourth-order valence-corrected chi connectivity index (χ4v) is 3.67. The number of fused-ring (bicyclic) bond motifs is 3. The molecular weight excluding hydrogens is 385 g/mol. The molecule has 150 valence electrons. The van der Waals surface area contributed by atoms with E-state index in [0.29, 0.717) is 0 Å². The first-order valence-electron chi connectivity index (χ1n) is 10.1. The van der Waals surface area contributed by atoms with E-state index in [1.807, 2.05) is 48.7 Å². The van der Waals surface area contributed by atoms with Gasteiger partial charge in [0.1, 0.15) is 5.82 Å². The maximum atomic E-state index is 13.4. The Bertz CT molecular complexity index is 1410. The first kappa shape index (κ1) is 18.9. The van der Waals surface area contributed by atoms with E-state index < -0.39 is 0 Å². The second-order valence-corrected chi connectivity index (χ2v) is 7.52. The first-order valence-corrected chi connectivity index (χ1v) is 10.1. The molecule has 0 bridgehead atoms. The molecule has 3 nitrogen and oxygen atoms in total. The third kappa shape index (κ3) is 3.88. The predicted molar refractivity (Wildman–Crippen MR) is 127 cm³/mol. The van der Waals surface area contributed by atoms with Crippen LogP contribution in [0.25, 0.3) is 32.9 Å². The van der Waals surface area contributed by atoms with Gasteiger partial charge in [-0.05, 0) is 54.8 Å². The number of hydrogen-bond acceptors (Lipinski definition) is 3. The molecule has 1 heterocycles. The van der Waals surface area contributed by atoms with Crippen LogP contribution in [0.2, 0.25) is 0 Å². The van der Waals surface area contributed by atoms with Gasteiger partial charge in [-0.25, -0.2) is 9.37 Å². The van der Waals surface area contributed by atoms with Gasteiger partial charge in [-0.3, -0.25) is 5.43 Å². The predicted octanol–water partition coefficient (Wildman–Crippen LogP) is 6.95. The van der Waals surface area contributed by atoms with Gasteiger partial charge >= 0.3 is 0 Å². The van der Waals surface area contributed by atoms with E-state index in [0.717, 1.165) is 44.2 Å². The molecule has 0 radical (unpaired) electrons. The number of pyridine rings is 1. The van der Waals surface area contributed by atoms with Crippen LogP contribution in [0, 0.1) is 12.7 Å². The molecule has 5 aromatic rings. The maximum Gasteiger partial charge on any atom is 0.123 e. The number of aryl methyl sites for hydroxylation is 1. The number of hydrogen-bond donors (Lipinski definition) is 1. The van der Waals surface area contributed by atoms with Crippen molar-refractivity contribution >= 4 is 33.6 Å². The van der Waals surface area contributed by atoms with E-state index in [1.54, 1.807) is 12.1 Å². The van der Waals surface area contributed by atoms with E-state index in [-0.39, 0.29) is 5.82 Å². The number of anilines is 1. The van der Waals surface area contributed by atoms with Crippen molar-refractivity contribution in [1.82, 2.24) is 4.98 Å². The molecular formula is C27H20FN3. The normalized spacial score (nSPS) is 11.4. The van der Waals surface area contributed by atoms with Gasteiger partial charge in [0.25, 0.3) is 0 Å². The second kappa shape index (κ2) is 8.00. The number of nitrogens with one attached hydrogen (secondary N) is 1. The van der Waals surface area contributed by atoms with Crippen molar-refractivity contribution in [2.45, 2.75) is 6.92 Å². The second-order valence-electron chi connectivity index (χ2n) is 7.52. The minimum Gasteiger partial charge on any atom is -0.279 e. The average molecular weight is 405 g/mol. The van der Waals surface area contributed by atoms with Crippen molar-refractivity contribution in [2.75, 3.05) is 5.43 Å². The summed E-state index contributed by atoms with van der Waals surface area (Å²) in [7, 11) is 0. The molecule has 0 saturated heterocycles. The summed E-state index contributed by atoms with van der Waals surface area (Å²) in [5, 5.41) is 7.67. The molecule has 0 unspecified atom stereocenters. The van der Waals surface area contributed by atoms with Crippen LogP contribution in [-0.4, -0.2) is 11.2 Å². The smallest absolute Gasteiger partial charge is 0.123 e. The number of halogens is 1. The largest absolute Gasteiger partial charge is 0.279 e. The Morgan fingerprint density at radius 3 is 2.42 bits per heavy atom. The molecule has 0 aliphatic rings. The lowest BCUT2D eigenvalue weighted by atomic mass is 10.0. The zero-order valence-corrected chi connectivity index (χ0v) is 17.0. The average Bonchev–Trinajstić information content (AvgIpc) is 2.80. The molecule has 4 heteroatoms. The molecule has 1 N–H and O–H groups in total. The Morgan fingerprint density at radius 2 is 1.61 bits per heavy atom. The van der Waals surface area contributed by atoms with Crippen LogP contribution in [0.15, 0.2) is 96.1 Å². The van der Waals surface area contributed by atoms with Crippen LogP contribution in [0.1, 0.15) is 11.1 Å². The summed E-state index contributed by atoms with van der Waals surface area (Å²) in [6.07, 6.45) is 1.81. The minimum atomic E-state index is -0.265. The summed E-state index contributed by atoms with van der Waals surface area (Å²) in [6, 6.07) is 28.8. The van der Waals surface area contributed by atoms with Crippen LogP contribution in [0.4, 0.5) is 10.1 Å². The third-order valence-electron chi connectivity index (χ3n) is 5.32. The lowest BCUT2D eigenvalue weighted by Crippen LogP contribution is -1.95. The van der Waals surface area contributed by atoms with Gasteiger partial charge in [0.05, 0.1) is 23.1 Å². The van der Waals surface area contributed by atoms with Crippen LogP contribution < -0.4 is 5.43 Å². The molecule has 4 aromatic carbocycles. The molecule has 1 aromatic heterocycles. The fraction of sp³-hybridized carbons (Fsp3) is 0.0370. The number of aromatic nitrogens is 1. The molecule has 0 aliphatic carbocycles. The van der Waals surface area contributed by atoms with Gasteiger partial charge in [0, 0.05) is 21.9 Å². The Hall–Kier alpha value is -4.05. The highest BCUT2D eigenvalue weighted by molar-refractivity contribution is 6.11. The summed E-state index contributed by atoms with van der Waals surface area (Å²) >= 11 is 0. The van der Waals surface area contributed by atoms with Crippen LogP contribution >= 0.6 is 0 Å².